The Bertz CT molecular complexity index is 436. The number of hydrogen-bond acceptors (Lipinski definition) is 3. The monoisotopic (exact) mass is 253 g/mol. The summed E-state index contributed by atoms with van der Waals surface area (Å²) in [4.78, 5) is 14.2. The number of rotatable bonds is 2. The van der Waals surface area contributed by atoms with Crippen molar-refractivity contribution >= 4 is 23.2 Å². The molecule has 1 heterocycles. The smallest absolute Gasteiger partial charge is 0.253 e. The molecule has 1 saturated heterocycles. The number of nitrogen functional groups attached to an aromatic ring is 1. The number of benzene rings is 1. The molecule has 17 heavy (non-hydrogen) atoms. The molecule has 1 atom stereocenters. The quantitative estimate of drug-likeness (QED) is 0.783. The number of halogens is 1. The normalized spacial score (nSPS) is 20.5. The van der Waals surface area contributed by atoms with Crippen LogP contribution < -0.4 is 11.1 Å². The molecule has 0 bridgehead atoms. The van der Waals surface area contributed by atoms with Crippen molar-refractivity contribution in [2.75, 3.05) is 25.9 Å². The average Bonchev–Trinajstić information content (AvgIpc) is 2.67. The minimum Gasteiger partial charge on any atom is -0.398 e. The van der Waals surface area contributed by atoms with Crippen LogP contribution in [0.3, 0.4) is 0 Å². The van der Waals surface area contributed by atoms with Gasteiger partial charge in [0.2, 0.25) is 0 Å². The van der Waals surface area contributed by atoms with Crippen LogP contribution in [0.25, 0.3) is 0 Å². The molecule has 3 N–H and O–H groups in total. The molecule has 1 aliphatic rings. The Labute approximate surface area is 106 Å². The third kappa shape index (κ3) is 2.90. The second-order valence-corrected chi connectivity index (χ2v) is 4.89. The predicted molar refractivity (Wildman–Crippen MR) is 69.2 cm³/mol. The standard InChI is InChI=1S/C12H16ClN3O/c1-16-5-4-9(7-16)15-12(17)10-6-8(13)2-3-11(10)14/h2-3,6,9H,4-5,7,14H2,1H3,(H,15,17). The highest BCUT2D eigenvalue weighted by Gasteiger charge is 2.22. The van der Waals surface area contributed by atoms with Crippen LogP contribution in [0.4, 0.5) is 5.69 Å². The van der Waals surface area contributed by atoms with Gasteiger partial charge in [-0.3, -0.25) is 4.79 Å². The van der Waals surface area contributed by atoms with E-state index in [1.807, 2.05) is 7.05 Å². The lowest BCUT2D eigenvalue weighted by molar-refractivity contribution is 0.0939. The number of nitrogens with two attached hydrogens (primary N) is 1. The van der Waals surface area contributed by atoms with Gasteiger partial charge in [0, 0.05) is 23.3 Å². The van der Waals surface area contributed by atoms with E-state index in [1.165, 1.54) is 0 Å². The molecule has 0 aromatic heterocycles. The Morgan fingerprint density at radius 1 is 1.59 bits per heavy atom. The Kier molecular flexibility index (Phi) is 3.54. The average molecular weight is 254 g/mol. The van der Waals surface area contributed by atoms with Gasteiger partial charge in [0.25, 0.3) is 5.91 Å². The molecule has 1 amide bonds. The topological polar surface area (TPSA) is 58.4 Å². The van der Waals surface area contributed by atoms with Crippen molar-refractivity contribution in [2.45, 2.75) is 12.5 Å². The Morgan fingerprint density at radius 2 is 2.35 bits per heavy atom. The van der Waals surface area contributed by atoms with Crippen LogP contribution in [-0.2, 0) is 0 Å². The lowest BCUT2D eigenvalue weighted by atomic mass is 10.1. The van der Waals surface area contributed by atoms with E-state index in [0.29, 0.717) is 16.3 Å². The molecule has 0 radical (unpaired) electrons. The molecule has 4 nitrogen and oxygen atoms in total. The second kappa shape index (κ2) is 4.94. The first-order chi connectivity index (χ1) is 8.06. The number of carbonyl (C=O) groups excluding carboxylic acids is 1. The summed E-state index contributed by atoms with van der Waals surface area (Å²) in [6.45, 7) is 1.89. The number of nitrogens with zero attached hydrogens (tertiary/aromatic N) is 1. The third-order valence-corrected chi connectivity index (χ3v) is 3.22. The van der Waals surface area contributed by atoms with E-state index >= 15 is 0 Å². The Morgan fingerprint density at radius 3 is 3.00 bits per heavy atom. The van der Waals surface area contributed by atoms with Gasteiger partial charge in [-0.15, -0.1) is 0 Å². The van der Waals surface area contributed by atoms with E-state index in [4.69, 9.17) is 17.3 Å². The zero-order valence-corrected chi connectivity index (χ0v) is 10.5. The van der Waals surface area contributed by atoms with Crippen LogP contribution in [0.1, 0.15) is 16.8 Å². The van der Waals surface area contributed by atoms with Gasteiger partial charge in [-0.05, 0) is 38.2 Å². The maximum Gasteiger partial charge on any atom is 0.253 e. The minimum atomic E-state index is -0.148. The lowest BCUT2D eigenvalue weighted by Crippen LogP contribution is -2.36. The van der Waals surface area contributed by atoms with Crippen LogP contribution in [-0.4, -0.2) is 37.0 Å². The molecule has 1 fully saturated rings. The maximum atomic E-state index is 12.0. The SMILES string of the molecule is CN1CCC(NC(=O)c2cc(Cl)ccc2N)C1. The fourth-order valence-corrected chi connectivity index (χ4v) is 2.21. The molecule has 0 spiro atoms. The van der Waals surface area contributed by atoms with Crippen LogP contribution in [0.15, 0.2) is 18.2 Å². The summed E-state index contributed by atoms with van der Waals surface area (Å²) in [7, 11) is 2.04. The van der Waals surface area contributed by atoms with Gasteiger partial charge in [0.05, 0.1) is 5.56 Å². The van der Waals surface area contributed by atoms with Crippen LogP contribution in [0, 0.1) is 0 Å². The van der Waals surface area contributed by atoms with Gasteiger partial charge in [-0.2, -0.15) is 0 Å². The van der Waals surface area contributed by atoms with E-state index < -0.39 is 0 Å². The largest absolute Gasteiger partial charge is 0.398 e. The highest BCUT2D eigenvalue weighted by Crippen LogP contribution is 2.18. The van der Waals surface area contributed by atoms with Crippen LogP contribution in [0.5, 0.6) is 0 Å². The first-order valence-electron chi connectivity index (χ1n) is 5.60. The van der Waals surface area contributed by atoms with Gasteiger partial charge >= 0.3 is 0 Å². The summed E-state index contributed by atoms with van der Waals surface area (Å²) in [5, 5.41) is 3.50. The highest BCUT2D eigenvalue weighted by atomic mass is 35.5. The summed E-state index contributed by atoms with van der Waals surface area (Å²) >= 11 is 5.86. The number of hydrogen-bond donors (Lipinski definition) is 2. The fraction of sp³-hybridized carbons (Fsp3) is 0.417. The van der Waals surface area contributed by atoms with E-state index in [-0.39, 0.29) is 11.9 Å². The summed E-state index contributed by atoms with van der Waals surface area (Å²) in [5.74, 6) is -0.148. The summed E-state index contributed by atoms with van der Waals surface area (Å²) in [6.07, 6.45) is 0.975. The Balaban J connectivity index is 2.06. The zero-order chi connectivity index (χ0) is 12.4. The van der Waals surface area contributed by atoms with Crippen molar-refractivity contribution in [2.24, 2.45) is 0 Å². The van der Waals surface area contributed by atoms with Crippen molar-refractivity contribution in [3.05, 3.63) is 28.8 Å². The van der Waals surface area contributed by atoms with Crippen molar-refractivity contribution in [3.8, 4) is 0 Å². The molecule has 92 valence electrons. The van der Waals surface area contributed by atoms with Gasteiger partial charge in [-0.1, -0.05) is 11.6 Å². The van der Waals surface area contributed by atoms with Crippen molar-refractivity contribution in [1.82, 2.24) is 10.2 Å². The summed E-state index contributed by atoms with van der Waals surface area (Å²) < 4.78 is 0. The summed E-state index contributed by atoms with van der Waals surface area (Å²) in [6, 6.07) is 5.13. The third-order valence-electron chi connectivity index (χ3n) is 2.99. The van der Waals surface area contributed by atoms with Crippen LogP contribution >= 0.6 is 11.6 Å². The van der Waals surface area contributed by atoms with E-state index in [0.717, 1.165) is 19.5 Å². The van der Waals surface area contributed by atoms with Gasteiger partial charge in [0.15, 0.2) is 0 Å². The molecular formula is C12H16ClN3O. The molecule has 2 rings (SSSR count). The lowest BCUT2D eigenvalue weighted by Gasteiger charge is -2.14. The van der Waals surface area contributed by atoms with Crippen molar-refractivity contribution in [3.63, 3.8) is 0 Å². The minimum absolute atomic E-state index is 0.148. The molecule has 0 aliphatic carbocycles. The van der Waals surface area contributed by atoms with Gasteiger partial charge in [-0.25, -0.2) is 0 Å². The number of nitrogens with one attached hydrogen (secondary N) is 1. The predicted octanol–water partition coefficient (Wildman–Crippen LogP) is 1.36. The Hall–Kier alpha value is -1.26. The molecular weight excluding hydrogens is 238 g/mol. The first kappa shape index (κ1) is 12.2. The molecule has 1 unspecified atom stereocenters. The van der Waals surface area contributed by atoms with E-state index in [9.17, 15) is 4.79 Å². The van der Waals surface area contributed by atoms with E-state index in [2.05, 4.69) is 10.2 Å². The van der Waals surface area contributed by atoms with E-state index in [1.54, 1.807) is 18.2 Å². The molecule has 5 heteroatoms. The number of anilines is 1. The number of carbonyl (C=O) groups is 1. The number of likely N-dealkylation sites (N-methyl/N-ethyl adjacent to an activating group) is 1. The second-order valence-electron chi connectivity index (χ2n) is 4.45. The fourth-order valence-electron chi connectivity index (χ4n) is 2.04. The molecule has 1 aliphatic heterocycles. The van der Waals surface area contributed by atoms with Crippen molar-refractivity contribution in [1.29, 1.82) is 0 Å². The zero-order valence-electron chi connectivity index (χ0n) is 9.74. The first-order valence-corrected chi connectivity index (χ1v) is 5.98. The molecule has 1 aromatic carbocycles. The van der Waals surface area contributed by atoms with Gasteiger partial charge in [0.1, 0.15) is 0 Å². The summed E-state index contributed by atoms with van der Waals surface area (Å²) in [5.41, 5.74) is 6.67. The highest BCUT2D eigenvalue weighted by molar-refractivity contribution is 6.31. The maximum absolute atomic E-state index is 12.0. The van der Waals surface area contributed by atoms with Gasteiger partial charge < -0.3 is 16.0 Å². The number of likely N-dealkylation sites (tertiary alicyclic amines) is 1. The van der Waals surface area contributed by atoms with Crippen molar-refractivity contribution < 1.29 is 4.79 Å². The number of amides is 1. The van der Waals surface area contributed by atoms with Crippen LogP contribution in [0.2, 0.25) is 5.02 Å². The molecule has 1 aromatic rings. The molecule has 0 saturated carbocycles.